The molecule has 2 N–H and O–H groups in total. The summed E-state index contributed by atoms with van der Waals surface area (Å²) in [5.74, 6) is -2.12. The van der Waals surface area contributed by atoms with E-state index in [0.717, 1.165) is 11.3 Å². The molecule has 0 atom stereocenters. The molecule has 1 aromatic heterocycles. The Balaban J connectivity index is 1.59. The highest BCUT2D eigenvalue weighted by Crippen LogP contribution is 2.14. The summed E-state index contributed by atoms with van der Waals surface area (Å²) in [5, 5.41) is 13.1. The molecular weight excluding hydrogens is 362 g/mol. The summed E-state index contributed by atoms with van der Waals surface area (Å²) in [6.45, 7) is 0.00859. The summed E-state index contributed by atoms with van der Waals surface area (Å²) in [4.78, 5) is 24.0. The van der Waals surface area contributed by atoms with Crippen molar-refractivity contribution in [1.29, 1.82) is 0 Å². The number of hydrogen-bond acceptors (Lipinski definition) is 5. The first kappa shape index (κ1) is 17.6. The highest BCUT2D eigenvalue weighted by Gasteiger charge is 2.15. The van der Waals surface area contributed by atoms with Gasteiger partial charge in [-0.05, 0) is 36.4 Å². The smallest absolute Gasteiger partial charge is 0.286 e. The maximum absolute atomic E-state index is 13.5. The quantitative estimate of drug-likeness (QED) is 0.719. The fraction of sp³-hybridized carbons (Fsp3) is 0.0588. The molecule has 0 aliphatic carbocycles. The van der Waals surface area contributed by atoms with Crippen molar-refractivity contribution in [2.45, 2.75) is 6.54 Å². The largest absolute Gasteiger partial charge is 0.345 e. The minimum atomic E-state index is -0.623. The molecule has 3 rings (SSSR count). The average molecular weight is 374 g/mol. The predicted octanol–water partition coefficient (Wildman–Crippen LogP) is 3.00. The van der Waals surface area contributed by atoms with Gasteiger partial charge in [0.25, 0.3) is 11.8 Å². The van der Waals surface area contributed by atoms with Crippen LogP contribution >= 0.6 is 11.3 Å². The van der Waals surface area contributed by atoms with Crippen molar-refractivity contribution in [2.75, 3.05) is 5.32 Å². The number of rotatable bonds is 5. The Morgan fingerprint density at radius 2 is 1.69 bits per heavy atom. The van der Waals surface area contributed by atoms with Gasteiger partial charge in [-0.3, -0.25) is 9.59 Å². The van der Waals surface area contributed by atoms with Crippen molar-refractivity contribution in [1.82, 2.24) is 15.5 Å². The number of aromatic nitrogens is 2. The minimum absolute atomic E-state index is 0.00859. The second-order valence-corrected chi connectivity index (χ2v) is 6.19. The second-order valence-electron chi connectivity index (χ2n) is 5.12. The normalized spacial score (nSPS) is 10.4. The number of halogens is 2. The van der Waals surface area contributed by atoms with Crippen LogP contribution in [0.1, 0.15) is 25.2 Å². The molecule has 0 saturated heterocycles. The van der Waals surface area contributed by atoms with Crippen LogP contribution < -0.4 is 10.6 Å². The number of nitrogens with one attached hydrogen (secondary N) is 2. The molecule has 9 heteroatoms. The van der Waals surface area contributed by atoms with Crippen LogP contribution in [0.3, 0.4) is 0 Å². The molecule has 1 heterocycles. The van der Waals surface area contributed by atoms with Gasteiger partial charge in [-0.15, -0.1) is 10.2 Å². The van der Waals surface area contributed by atoms with E-state index in [2.05, 4.69) is 20.8 Å². The number of hydrogen-bond donors (Lipinski definition) is 2. The Bertz CT molecular complexity index is 944. The summed E-state index contributed by atoms with van der Waals surface area (Å²) in [7, 11) is 0. The number of nitrogens with zero attached hydrogens (tertiary/aromatic N) is 2. The maximum atomic E-state index is 13.5. The van der Waals surface area contributed by atoms with Gasteiger partial charge in [0.2, 0.25) is 5.01 Å². The van der Waals surface area contributed by atoms with Gasteiger partial charge in [0.05, 0.1) is 12.1 Å². The van der Waals surface area contributed by atoms with Crippen molar-refractivity contribution >= 4 is 28.8 Å². The van der Waals surface area contributed by atoms with Crippen molar-refractivity contribution in [3.63, 3.8) is 0 Å². The predicted molar refractivity (Wildman–Crippen MR) is 91.8 cm³/mol. The lowest BCUT2D eigenvalue weighted by Gasteiger charge is -2.03. The molecule has 0 unspecified atom stereocenters. The van der Waals surface area contributed by atoms with Crippen LogP contribution in [0.4, 0.5) is 14.5 Å². The van der Waals surface area contributed by atoms with Gasteiger partial charge < -0.3 is 10.6 Å². The Kier molecular flexibility index (Phi) is 5.28. The maximum Gasteiger partial charge on any atom is 0.286 e. The summed E-state index contributed by atoms with van der Waals surface area (Å²) in [5.41, 5.74) is 0.340. The van der Waals surface area contributed by atoms with E-state index in [9.17, 15) is 18.4 Å². The lowest BCUT2D eigenvalue weighted by molar-refractivity contribution is 0.0946. The van der Waals surface area contributed by atoms with E-state index in [1.165, 1.54) is 42.5 Å². The van der Waals surface area contributed by atoms with E-state index in [-0.39, 0.29) is 17.1 Å². The van der Waals surface area contributed by atoms with E-state index in [1.54, 1.807) is 6.07 Å². The summed E-state index contributed by atoms with van der Waals surface area (Å²) in [6.07, 6.45) is 0. The van der Waals surface area contributed by atoms with E-state index < -0.39 is 23.4 Å². The third kappa shape index (κ3) is 4.25. The van der Waals surface area contributed by atoms with Crippen LogP contribution in [-0.2, 0) is 6.54 Å². The van der Waals surface area contributed by atoms with E-state index >= 15 is 0 Å². The van der Waals surface area contributed by atoms with Crippen LogP contribution in [0.25, 0.3) is 0 Å². The molecule has 0 aliphatic rings. The highest BCUT2D eigenvalue weighted by molar-refractivity contribution is 7.13. The molecule has 3 aromatic rings. The first-order valence-electron chi connectivity index (χ1n) is 7.45. The van der Waals surface area contributed by atoms with Crippen molar-refractivity contribution in [3.05, 3.63) is 75.7 Å². The third-order valence-corrected chi connectivity index (χ3v) is 4.20. The van der Waals surface area contributed by atoms with E-state index in [1.807, 2.05) is 0 Å². The van der Waals surface area contributed by atoms with Crippen LogP contribution in [0.5, 0.6) is 0 Å². The summed E-state index contributed by atoms with van der Waals surface area (Å²) in [6, 6.07) is 10.9. The molecule has 6 nitrogen and oxygen atoms in total. The molecule has 132 valence electrons. The zero-order valence-corrected chi connectivity index (χ0v) is 14.0. The van der Waals surface area contributed by atoms with E-state index in [0.29, 0.717) is 10.7 Å². The van der Waals surface area contributed by atoms with Crippen molar-refractivity contribution in [3.8, 4) is 0 Å². The lowest BCUT2D eigenvalue weighted by atomic mass is 10.2. The molecule has 0 radical (unpaired) electrons. The number of anilines is 1. The van der Waals surface area contributed by atoms with Gasteiger partial charge in [-0.1, -0.05) is 23.5 Å². The number of benzene rings is 2. The van der Waals surface area contributed by atoms with Gasteiger partial charge in [0.1, 0.15) is 16.6 Å². The average Bonchev–Trinajstić information content (AvgIpc) is 3.11. The Labute approximate surface area is 150 Å². The third-order valence-electron chi connectivity index (χ3n) is 3.28. The molecule has 0 saturated carbocycles. The monoisotopic (exact) mass is 374 g/mol. The molecule has 0 aliphatic heterocycles. The fourth-order valence-electron chi connectivity index (χ4n) is 2.03. The van der Waals surface area contributed by atoms with Gasteiger partial charge in [0, 0.05) is 5.69 Å². The highest BCUT2D eigenvalue weighted by atomic mass is 32.1. The molecule has 2 aromatic carbocycles. The number of carbonyl (C=O) groups is 2. The van der Waals surface area contributed by atoms with E-state index in [4.69, 9.17) is 0 Å². The van der Waals surface area contributed by atoms with Crippen molar-refractivity contribution < 1.29 is 18.4 Å². The topological polar surface area (TPSA) is 84.0 Å². The Hall–Kier alpha value is -3.20. The molecule has 2 amide bonds. The van der Waals surface area contributed by atoms with Crippen molar-refractivity contribution in [2.24, 2.45) is 0 Å². The lowest BCUT2D eigenvalue weighted by Crippen LogP contribution is -2.23. The van der Waals surface area contributed by atoms with Gasteiger partial charge in [0.15, 0.2) is 0 Å². The zero-order valence-electron chi connectivity index (χ0n) is 13.2. The molecular formula is C17H12F2N4O2S. The summed E-state index contributed by atoms with van der Waals surface area (Å²) >= 11 is 0.988. The Morgan fingerprint density at radius 3 is 2.42 bits per heavy atom. The van der Waals surface area contributed by atoms with Gasteiger partial charge in [-0.25, -0.2) is 8.78 Å². The number of amides is 2. The van der Waals surface area contributed by atoms with Crippen LogP contribution in [0.2, 0.25) is 0 Å². The molecule has 26 heavy (non-hydrogen) atoms. The molecule has 0 bridgehead atoms. The Morgan fingerprint density at radius 1 is 0.962 bits per heavy atom. The second kappa shape index (κ2) is 7.79. The van der Waals surface area contributed by atoms with Gasteiger partial charge in [-0.2, -0.15) is 0 Å². The molecule has 0 fully saturated rings. The van der Waals surface area contributed by atoms with Crippen LogP contribution in [0.15, 0.2) is 48.5 Å². The van der Waals surface area contributed by atoms with Crippen LogP contribution in [-0.4, -0.2) is 22.0 Å². The molecule has 0 spiro atoms. The fourth-order valence-corrected chi connectivity index (χ4v) is 2.71. The first-order chi connectivity index (χ1) is 12.5. The SMILES string of the molecule is O=C(Nc1ccc(F)cc1)c1nnc(CNC(=O)c2ccccc2F)s1. The van der Waals surface area contributed by atoms with Gasteiger partial charge >= 0.3 is 0 Å². The standard InChI is InChI=1S/C17H12F2N4O2S/c18-10-5-7-11(8-6-10)21-16(25)17-23-22-14(26-17)9-20-15(24)12-3-1-2-4-13(12)19/h1-8H,9H2,(H,20,24)(H,21,25). The van der Waals surface area contributed by atoms with Crippen LogP contribution in [0, 0.1) is 11.6 Å². The summed E-state index contributed by atoms with van der Waals surface area (Å²) < 4.78 is 26.4. The number of carbonyl (C=O) groups excluding carboxylic acids is 2. The minimum Gasteiger partial charge on any atom is -0.345 e. The zero-order chi connectivity index (χ0) is 18.5. The first-order valence-corrected chi connectivity index (χ1v) is 8.26.